The molecule has 166 valence electrons. The van der Waals surface area contributed by atoms with Gasteiger partial charge in [-0.15, -0.1) is 0 Å². The first-order valence-electron chi connectivity index (χ1n) is 10.8. The predicted molar refractivity (Wildman–Crippen MR) is 123 cm³/mol. The summed E-state index contributed by atoms with van der Waals surface area (Å²) in [5.41, 5.74) is 0.611. The lowest BCUT2D eigenvalue weighted by molar-refractivity contribution is -0.117. The van der Waals surface area contributed by atoms with Crippen LogP contribution in [0.5, 0.6) is 0 Å². The first-order valence-corrected chi connectivity index (χ1v) is 10.8. The Morgan fingerprint density at radius 3 is 2.28 bits per heavy atom. The van der Waals surface area contributed by atoms with Crippen molar-refractivity contribution in [3.05, 3.63) is 64.4 Å². The van der Waals surface area contributed by atoms with Gasteiger partial charge in [0.1, 0.15) is 6.54 Å². The van der Waals surface area contributed by atoms with Crippen LogP contribution in [0.15, 0.2) is 53.3 Å². The van der Waals surface area contributed by atoms with Crippen LogP contribution in [0.3, 0.4) is 0 Å². The molecule has 0 atom stereocenters. The highest BCUT2D eigenvalue weighted by molar-refractivity contribution is 5.94. The number of rotatable bonds is 5. The monoisotopic (exact) mass is 434 g/mol. The fraction of sp³-hybridized carbons (Fsp3) is 0.333. The molecular formula is C24H26N4O4. The molecule has 0 radical (unpaired) electrons. The second-order valence-corrected chi connectivity index (χ2v) is 7.85. The molecule has 8 heteroatoms. The Bertz CT molecular complexity index is 1180. The van der Waals surface area contributed by atoms with Crippen LogP contribution < -0.4 is 15.8 Å². The maximum atomic E-state index is 13.0. The van der Waals surface area contributed by atoms with E-state index in [9.17, 15) is 14.4 Å². The molecule has 0 spiro atoms. The molecule has 0 saturated carbocycles. The van der Waals surface area contributed by atoms with Gasteiger partial charge in [0, 0.05) is 24.2 Å². The zero-order chi connectivity index (χ0) is 22.5. The number of benzene rings is 2. The quantitative estimate of drug-likeness (QED) is 0.620. The fourth-order valence-corrected chi connectivity index (χ4v) is 3.98. The van der Waals surface area contributed by atoms with Crippen molar-refractivity contribution >= 4 is 34.2 Å². The zero-order valence-electron chi connectivity index (χ0n) is 18.0. The first-order chi connectivity index (χ1) is 15.6. The summed E-state index contributed by atoms with van der Waals surface area (Å²) in [6.45, 7) is 1.56. The number of nitrogens with one attached hydrogen (secondary N) is 1. The van der Waals surface area contributed by atoms with E-state index >= 15 is 0 Å². The second-order valence-electron chi connectivity index (χ2n) is 7.85. The molecular weight excluding hydrogens is 408 g/mol. The van der Waals surface area contributed by atoms with E-state index in [1.165, 1.54) is 24.6 Å². The number of hydrogen-bond acceptors (Lipinski definition) is 6. The maximum absolute atomic E-state index is 13.0. The molecule has 0 aliphatic carbocycles. The number of carbonyl (C=O) groups is 2. The number of fused-ring (bicyclic) bond motifs is 1. The van der Waals surface area contributed by atoms with Crippen molar-refractivity contribution in [1.29, 1.82) is 0 Å². The third-order valence-electron chi connectivity index (χ3n) is 5.64. The largest absolute Gasteiger partial charge is 0.465 e. The Labute approximate surface area is 185 Å². The minimum absolute atomic E-state index is 0.205. The van der Waals surface area contributed by atoms with E-state index in [0.29, 0.717) is 16.6 Å². The molecule has 4 rings (SSSR count). The molecule has 0 unspecified atom stereocenters. The summed E-state index contributed by atoms with van der Waals surface area (Å²) in [5.74, 6) is -0.0734. The van der Waals surface area contributed by atoms with Gasteiger partial charge in [-0.25, -0.2) is 9.48 Å². The van der Waals surface area contributed by atoms with Crippen LogP contribution in [0.2, 0.25) is 0 Å². The van der Waals surface area contributed by atoms with E-state index in [4.69, 9.17) is 0 Å². The molecule has 1 N–H and O–H groups in total. The van der Waals surface area contributed by atoms with Crippen LogP contribution >= 0.6 is 0 Å². The molecule has 0 bridgehead atoms. The molecule has 32 heavy (non-hydrogen) atoms. The number of anilines is 2. The van der Waals surface area contributed by atoms with Crippen molar-refractivity contribution in [1.82, 2.24) is 9.78 Å². The Morgan fingerprint density at radius 1 is 0.969 bits per heavy atom. The standard InChI is InChI=1S/C24H26N4O4/c1-32-24(31)17-10-12-18(13-11-17)25-21(29)16-28-23(30)20-9-5-4-8-19(20)22(26-28)27-14-6-2-3-7-15-27/h4-5,8-13H,2-3,6-7,14-16H2,1H3,(H,25,29). The van der Waals surface area contributed by atoms with Crippen LogP contribution in [0.1, 0.15) is 36.0 Å². The molecule has 1 fully saturated rings. The predicted octanol–water partition coefficient (Wildman–Crippen LogP) is 3.20. The van der Waals surface area contributed by atoms with Gasteiger partial charge in [-0.3, -0.25) is 9.59 Å². The van der Waals surface area contributed by atoms with Gasteiger partial charge in [-0.2, -0.15) is 5.10 Å². The molecule has 8 nitrogen and oxygen atoms in total. The molecule has 2 aromatic carbocycles. The summed E-state index contributed by atoms with van der Waals surface area (Å²) in [6, 6.07) is 13.8. The van der Waals surface area contributed by atoms with E-state index in [2.05, 4.69) is 20.1 Å². The van der Waals surface area contributed by atoms with Crippen molar-refractivity contribution in [2.45, 2.75) is 32.2 Å². The average molecular weight is 434 g/mol. The lowest BCUT2D eigenvalue weighted by atomic mass is 10.1. The van der Waals surface area contributed by atoms with E-state index in [1.807, 2.05) is 18.2 Å². The summed E-state index contributed by atoms with van der Waals surface area (Å²) < 4.78 is 5.91. The van der Waals surface area contributed by atoms with Crippen molar-refractivity contribution in [3.63, 3.8) is 0 Å². The van der Waals surface area contributed by atoms with Crippen LogP contribution in [0, 0.1) is 0 Å². The highest BCUT2D eigenvalue weighted by atomic mass is 16.5. The molecule has 1 aliphatic heterocycles. The minimum Gasteiger partial charge on any atom is -0.465 e. The van der Waals surface area contributed by atoms with E-state index in [1.54, 1.807) is 30.3 Å². The van der Waals surface area contributed by atoms with Gasteiger partial charge < -0.3 is 15.0 Å². The molecule has 1 aromatic heterocycles. The van der Waals surface area contributed by atoms with Gasteiger partial charge in [0.25, 0.3) is 5.56 Å². The van der Waals surface area contributed by atoms with Crippen LogP contribution in [-0.2, 0) is 16.1 Å². The van der Waals surface area contributed by atoms with Gasteiger partial charge in [0.15, 0.2) is 5.82 Å². The third-order valence-corrected chi connectivity index (χ3v) is 5.64. The summed E-state index contributed by atoms with van der Waals surface area (Å²) in [7, 11) is 1.31. The number of hydrogen-bond donors (Lipinski definition) is 1. The van der Waals surface area contributed by atoms with Crippen molar-refractivity contribution < 1.29 is 14.3 Å². The van der Waals surface area contributed by atoms with Crippen LogP contribution in [-0.4, -0.2) is 41.9 Å². The topological polar surface area (TPSA) is 93.5 Å². The SMILES string of the molecule is COC(=O)c1ccc(NC(=O)Cn2nc(N3CCCCCC3)c3ccccc3c2=O)cc1. The normalized spacial score (nSPS) is 14.1. The lowest BCUT2D eigenvalue weighted by Crippen LogP contribution is -2.33. The van der Waals surface area contributed by atoms with Crippen molar-refractivity contribution in [3.8, 4) is 0 Å². The molecule has 1 amide bonds. The van der Waals surface area contributed by atoms with Gasteiger partial charge >= 0.3 is 5.97 Å². The number of amides is 1. The summed E-state index contributed by atoms with van der Waals surface area (Å²) in [5, 5.41) is 8.73. The first kappa shape index (κ1) is 21.5. The molecule has 2 heterocycles. The van der Waals surface area contributed by atoms with Gasteiger partial charge in [0.05, 0.1) is 18.1 Å². The Morgan fingerprint density at radius 2 is 1.62 bits per heavy atom. The highest BCUT2D eigenvalue weighted by Gasteiger charge is 2.18. The summed E-state index contributed by atoms with van der Waals surface area (Å²) in [4.78, 5) is 39.5. The number of carbonyl (C=O) groups excluding carboxylic acids is 2. The summed E-state index contributed by atoms with van der Waals surface area (Å²) in [6.07, 6.45) is 4.53. The van der Waals surface area contributed by atoms with Crippen LogP contribution in [0.25, 0.3) is 10.8 Å². The van der Waals surface area contributed by atoms with E-state index in [-0.39, 0.29) is 18.0 Å². The Kier molecular flexibility index (Phi) is 6.49. The van der Waals surface area contributed by atoms with Gasteiger partial charge in [-0.05, 0) is 43.2 Å². The van der Waals surface area contributed by atoms with E-state index < -0.39 is 5.97 Å². The Hall–Kier alpha value is -3.68. The fourth-order valence-electron chi connectivity index (χ4n) is 3.98. The zero-order valence-corrected chi connectivity index (χ0v) is 18.0. The van der Waals surface area contributed by atoms with Gasteiger partial charge in [-0.1, -0.05) is 31.0 Å². The molecule has 3 aromatic rings. The average Bonchev–Trinajstić information content (AvgIpc) is 3.10. The number of methoxy groups -OCH3 is 1. The number of aromatic nitrogens is 2. The number of esters is 1. The van der Waals surface area contributed by atoms with Gasteiger partial charge in [0.2, 0.25) is 5.91 Å². The maximum Gasteiger partial charge on any atom is 0.337 e. The molecule has 1 aliphatic rings. The highest BCUT2D eigenvalue weighted by Crippen LogP contribution is 2.24. The van der Waals surface area contributed by atoms with E-state index in [0.717, 1.165) is 37.1 Å². The second kappa shape index (κ2) is 9.64. The molecule has 1 saturated heterocycles. The van der Waals surface area contributed by atoms with Crippen molar-refractivity contribution in [2.24, 2.45) is 0 Å². The van der Waals surface area contributed by atoms with Crippen molar-refractivity contribution in [2.75, 3.05) is 30.4 Å². The minimum atomic E-state index is -0.448. The lowest BCUT2D eigenvalue weighted by Gasteiger charge is -2.23. The van der Waals surface area contributed by atoms with Crippen LogP contribution in [0.4, 0.5) is 11.5 Å². The number of nitrogens with zero attached hydrogens (tertiary/aromatic N) is 3. The smallest absolute Gasteiger partial charge is 0.337 e. The Balaban J connectivity index is 1.59. The third kappa shape index (κ3) is 4.64. The number of ether oxygens (including phenoxy) is 1. The summed E-state index contributed by atoms with van der Waals surface area (Å²) >= 11 is 0.